The molecule has 2 N–H and O–H groups in total. The molecule has 2 atom stereocenters. The largest absolute Gasteiger partial charge is 0.393 e. The molecule has 0 saturated heterocycles. The lowest BCUT2D eigenvalue weighted by Crippen LogP contribution is -2.07. The number of hydrogen-bond donors (Lipinski definition) is 2. The first-order valence-electron chi connectivity index (χ1n) is 31.0. The lowest BCUT2D eigenvalue weighted by molar-refractivity contribution is 0.134. The van der Waals surface area contributed by atoms with Crippen LogP contribution in [0.4, 0.5) is 0 Å². The first-order valence-corrected chi connectivity index (χ1v) is 31.0. The maximum atomic E-state index is 8.63. The Balaban J connectivity index is -0.0000000534. The van der Waals surface area contributed by atoms with E-state index in [4.69, 9.17) is 14.9 Å². The van der Waals surface area contributed by atoms with Crippen LogP contribution >= 0.6 is 0 Å². The minimum absolute atomic E-state index is 0.148. The van der Waals surface area contributed by atoms with Crippen LogP contribution in [-0.2, 0) is 4.74 Å². The second-order valence-electron chi connectivity index (χ2n) is 26.2. The second-order valence-corrected chi connectivity index (χ2v) is 26.2. The van der Waals surface area contributed by atoms with Gasteiger partial charge in [0.15, 0.2) is 0 Å². The highest BCUT2D eigenvalue weighted by atomic mass is 16.5. The first kappa shape index (κ1) is 99.8. The van der Waals surface area contributed by atoms with Crippen LogP contribution in [0.25, 0.3) is 0 Å². The molecule has 71 heavy (non-hydrogen) atoms. The van der Waals surface area contributed by atoms with Crippen molar-refractivity contribution in [2.75, 3.05) is 7.11 Å². The first-order chi connectivity index (χ1) is 32.1. The third-order valence-electron chi connectivity index (χ3n) is 10.3. The van der Waals surface area contributed by atoms with Gasteiger partial charge in [-0.05, 0) is 123 Å². The molecule has 0 spiro atoms. The number of methoxy groups -OCH3 is 1. The Morgan fingerprint density at radius 3 is 0.577 bits per heavy atom. The average Bonchev–Trinajstić information content (AvgIpc) is 4.08. The summed E-state index contributed by atoms with van der Waals surface area (Å²) in [5.74, 6) is 11.6. The Labute approximate surface area is 461 Å². The number of aliphatic hydroxyl groups is 2. The topological polar surface area (TPSA) is 49.7 Å². The lowest BCUT2D eigenvalue weighted by atomic mass is 10.0. The van der Waals surface area contributed by atoms with Crippen molar-refractivity contribution < 1.29 is 14.9 Å². The van der Waals surface area contributed by atoms with E-state index in [0.717, 1.165) is 71.0 Å². The van der Waals surface area contributed by atoms with Crippen molar-refractivity contribution >= 4 is 0 Å². The van der Waals surface area contributed by atoms with Crippen molar-refractivity contribution in [1.29, 1.82) is 0 Å². The smallest absolute Gasteiger partial charge is 0.0535 e. The van der Waals surface area contributed by atoms with E-state index in [-0.39, 0.29) is 12.2 Å². The van der Waals surface area contributed by atoms with Gasteiger partial charge in [0.25, 0.3) is 0 Å². The summed E-state index contributed by atoms with van der Waals surface area (Å²) < 4.78 is 4.75. The molecule has 0 amide bonds. The normalized spacial score (nSPS) is 11.9. The monoisotopic (exact) mass is 1030 g/mol. The summed E-state index contributed by atoms with van der Waals surface area (Å²) in [6.07, 6.45) is 16.6. The molecule has 0 aromatic heterocycles. The van der Waals surface area contributed by atoms with Crippen molar-refractivity contribution in [2.45, 2.75) is 358 Å². The number of hydrogen-bond acceptors (Lipinski definition) is 3. The van der Waals surface area contributed by atoms with Crippen LogP contribution in [0.1, 0.15) is 340 Å². The quantitative estimate of drug-likeness (QED) is 0.172. The summed E-state index contributed by atoms with van der Waals surface area (Å²) in [6, 6.07) is 0. The van der Waals surface area contributed by atoms with E-state index in [9.17, 15) is 0 Å². The fourth-order valence-electron chi connectivity index (χ4n) is 2.62. The van der Waals surface area contributed by atoms with Crippen molar-refractivity contribution in [2.24, 2.45) is 82.9 Å². The van der Waals surface area contributed by atoms with Gasteiger partial charge < -0.3 is 14.9 Å². The van der Waals surface area contributed by atoms with Crippen LogP contribution in [0.2, 0.25) is 0 Å². The fourth-order valence-corrected chi connectivity index (χ4v) is 2.62. The predicted molar refractivity (Wildman–Crippen MR) is 343 cm³/mol. The van der Waals surface area contributed by atoms with Crippen molar-refractivity contribution in [1.82, 2.24) is 0 Å². The molecule has 1 aliphatic rings. The number of rotatable bonds is 15. The summed E-state index contributed by atoms with van der Waals surface area (Å²) in [7, 11) is 1.70. The highest BCUT2D eigenvalue weighted by Crippen LogP contribution is 2.35. The highest BCUT2D eigenvalue weighted by Gasteiger charge is 2.24. The van der Waals surface area contributed by atoms with Crippen LogP contribution in [0.15, 0.2) is 0 Å². The van der Waals surface area contributed by atoms with Crippen LogP contribution in [0.5, 0.6) is 0 Å². The van der Waals surface area contributed by atoms with Gasteiger partial charge in [-0.3, -0.25) is 0 Å². The molecule has 1 aliphatic carbocycles. The van der Waals surface area contributed by atoms with Crippen LogP contribution in [-0.4, -0.2) is 35.6 Å². The summed E-state index contributed by atoms with van der Waals surface area (Å²) in [5.41, 5.74) is 0. The Bertz CT molecular complexity index is 652. The zero-order valence-electron chi connectivity index (χ0n) is 58.6. The Kier molecular flexibility index (Phi) is 114. The van der Waals surface area contributed by atoms with Gasteiger partial charge in [-0.15, -0.1) is 0 Å². The molecule has 3 heteroatoms. The molecule has 0 heterocycles. The number of ether oxygens (including phenoxy) is 1. The standard InChI is InChI=1S/C8H18.C7H16.C6H12.2C6H14.2C5H12O.2C5H12.C4H10O.2C4H10.C3H8/c1-7(2)5-6-8(3)4;1-4-5-6-7(2)3;1-5(2)6-3-4-6;1-5(2)6(3)4;1-4-5-6(2)3;2*1-4(2)5(3)6;2*1-4-5(2)3;1-4(2)5-3;2*1-4(2)3;1-3-2/h7-8H,5-6H2,1-4H3;7H,4-6H2,1-3H3;5-6H,3-4H2,1-2H3;5-6H,1-4H3;6H,4-5H2,1-3H3;2*4-6H,1-3H3;2*5H,4H2,1-3H3;4H,1-3H3;2*4H,1-3H3;3H2,1-2H3/t;;;;;2*5-;;;;;;/m.....10....../s1. The van der Waals surface area contributed by atoms with Gasteiger partial charge in [0.1, 0.15) is 0 Å². The van der Waals surface area contributed by atoms with E-state index in [0.29, 0.717) is 17.9 Å². The van der Waals surface area contributed by atoms with Crippen LogP contribution in [0.3, 0.4) is 0 Å². The molecule has 450 valence electrons. The SMILES string of the molecule is CC(C)C.CC(C)C.CC(C)C(C)C.CC(C)C1CC1.CC(C)CCC(C)C.CC(C)[C@@H](C)O.CC(C)[C@H](C)O.CCC.CCC(C)C.CCC(C)C.CCCC(C)C.CCCCC(C)C.COC(C)C. The minimum atomic E-state index is -0.148. The van der Waals surface area contributed by atoms with Crippen molar-refractivity contribution in [3.8, 4) is 0 Å². The molecular weight excluding hydrogens is 865 g/mol. The second kappa shape index (κ2) is 81.2. The molecule has 3 nitrogen and oxygen atoms in total. The van der Waals surface area contributed by atoms with Crippen molar-refractivity contribution in [3.05, 3.63) is 0 Å². The molecule has 0 bridgehead atoms. The van der Waals surface area contributed by atoms with Gasteiger partial charge in [-0.25, -0.2) is 0 Å². The van der Waals surface area contributed by atoms with E-state index >= 15 is 0 Å². The van der Waals surface area contributed by atoms with Crippen LogP contribution < -0.4 is 0 Å². The number of unbranched alkanes of at least 4 members (excludes halogenated alkanes) is 1. The van der Waals surface area contributed by atoms with Gasteiger partial charge in [0, 0.05) is 7.11 Å². The molecule has 0 aliphatic heterocycles. The van der Waals surface area contributed by atoms with Crippen LogP contribution in [0, 0.1) is 82.9 Å². The zero-order chi connectivity index (χ0) is 60.0. The summed E-state index contributed by atoms with van der Waals surface area (Å²) in [6.45, 7) is 82.3. The molecule has 1 saturated carbocycles. The van der Waals surface area contributed by atoms with E-state index in [1.165, 1.54) is 77.0 Å². The Morgan fingerprint density at radius 1 is 0.352 bits per heavy atom. The van der Waals surface area contributed by atoms with Crippen molar-refractivity contribution in [3.63, 3.8) is 0 Å². The van der Waals surface area contributed by atoms with E-state index < -0.39 is 0 Å². The summed E-state index contributed by atoms with van der Waals surface area (Å²) >= 11 is 0. The average molecular weight is 1030 g/mol. The molecule has 1 rings (SSSR count). The van der Waals surface area contributed by atoms with E-state index in [1.807, 2.05) is 41.5 Å². The summed E-state index contributed by atoms with van der Waals surface area (Å²) in [5, 5.41) is 17.3. The zero-order valence-corrected chi connectivity index (χ0v) is 58.6. The Hall–Kier alpha value is -0.120. The van der Waals surface area contributed by atoms with Gasteiger partial charge in [-0.2, -0.15) is 0 Å². The third kappa shape index (κ3) is 237. The maximum Gasteiger partial charge on any atom is 0.0535 e. The summed E-state index contributed by atoms with van der Waals surface area (Å²) in [4.78, 5) is 0. The molecule has 0 unspecified atom stereocenters. The maximum absolute atomic E-state index is 8.63. The predicted octanol–water partition coefficient (Wildman–Crippen LogP) is 24.6. The van der Waals surface area contributed by atoms with Gasteiger partial charge in [0.05, 0.1) is 18.3 Å². The molecule has 0 aromatic carbocycles. The fraction of sp³-hybridized carbons (Fsp3) is 1.00. The molecule has 0 radical (unpaired) electrons. The lowest BCUT2D eigenvalue weighted by Gasteiger charge is -2.05. The molecular formula is C68H160O3. The molecule has 0 aromatic rings. The van der Waals surface area contributed by atoms with Gasteiger partial charge >= 0.3 is 0 Å². The highest BCUT2D eigenvalue weighted by molar-refractivity contribution is 4.75. The van der Waals surface area contributed by atoms with E-state index in [1.54, 1.807) is 21.0 Å². The van der Waals surface area contributed by atoms with Gasteiger partial charge in [0.2, 0.25) is 0 Å². The third-order valence-corrected chi connectivity index (χ3v) is 10.3. The van der Waals surface area contributed by atoms with Gasteiger partial charge in [-0.1, -0.05) is 300 Å². The minimum Gasteiger partial charge on any atom is -0.393 e. The molecule has 1 fully saturated rings. The Morgan fingerprint density at radius 2 is 0.549 bits per heavy atom. The van der Waals surface area contributed by atoms with E-state index in [2.05, 4.69) is 208 Å². The number of aliphatic hydroxyl groups excluding tert-OH is 2.